The minimum Gasteiger partial charge on any atom is -0.324 e. The summed E-state index contributed by atoms with van der Waals surface area (Å²) in [7, 11) is -3.81. The summed E-state index contributed by atoms with van der Waals surface area (Å²) in [6.07, 6.45) is 0. The molecule has 0 aliphatic carbocycles. The minimum atomic E-state index is -3.81. The summed E-state index contributed by atoms with van der Waals surface area (Å²) < 4.78 is 27.2. The van der Waals surface area contributed by atoms with Gasteiger partial charge in [0.15, 0.2) is 0 Å². The van der Waals surface area contributed by atoms with Crippen LogP contribution in [0.3, 0.4) is 0 Å². The molecule has 0 atom stereocenters. The lowest BCUT2D eigenvalue weighted by atomic mass is 10.3. The first-order chi connectivity index (χ1) is 12.1. The molecule has 0 saturated carbocycles. The molecule has 0 spiro atoms. The Hall–Kier alpha value is -0.830. The van der Waals surface area contributed by atoms with Gasteiger partial charge in [-0.05, 0) is 36.4 Å². The van der Waals surface area contributed by atoms with Crippen molar-refractivity contribution >= 4 is 72.4 Å². The van der Waals surface area contributed by atoms with Crippen molar-refractivity contribution in [2.24, 2.45) is 0 Å². The van der Waals surface area contributed by atoms with Crippen molar-refractivity contribution in [3.8, 4) is 0 Å². The van der Waals surface area contributed by atoms with Crippen molar-refractivity contribution in [3.05, 3.63) is 55.9 Å². The Labute approximate surface area is 175 Å². The normalized spacial score (nSPS) is 11.6. The molecule has 0 fully saturated rings. The highest BCUT2D eigenvalue weighted by Gasteiger charge is 2.25. The molecular formula is C16H14BrCl3N2O3S. The number of benzene rings is 2. The fourth-order valence-electron chi connectivity index (χ4n) is 2.09. The van der Waals surface area contributed by atoms with Gasteiger partial charge < -0.3 is 5.32 Å². The van der Waals surface area contributed by atoms with E-state index in [-0.39, 0.29) is 38.7 Å². The zero-order valence-electron chi connectivity index (χ0n) is 13.5. The second-order valence-corrected chi connectivity index (χ2v) is 9.25. The number of anilines is 1. The zero-order valence-corrected chi connectivity index (χ0v) is 18.1. The molecular weight excluding hydrogens is 487 g/mol. The third-order valence-electron chi connectivity index (χ3n) is 3.41. The van der Waals surface area contributed by atoms with Crippen LogP contribution < -0.4 is 5.32 Å². The van der Waals surface area contributed by atoms with Crippen LogP contribution in [0.5, 0.6) is 0 Å². The van der Waals surface area contributed by atoms with Crippen LogP contribution in [0.1, 0.15) is 6.92 Å². The number of halogens is 4. The van der Waals surface area contributed by atoms with Gasteiger partial charge in [-0.3, -0.25) is 4.79 Å². The van der Waals surface area contributed by atoms with E-state index >= 15 is 0 Å². The summed E-state index contributed by atoms with van der Waals surface area (Å²) in [4.78, 5) is 12.4. The van der Waals surface area contributed by atoms with Crippen LogP contribution in [0, 0.1) is 0 Å². The number of nitrogens with one attached hydrogen (secondary N) is 1. The predicted octanol–water partition coefficient (Wildman–Crippen LogP) is 5.06. The van der Waals surface area contributed by atoms with Crippen LogP contribution in [0.25, 0.3) is 0 Å². The van der Waals surface area contributed by atoms with E-state index in [9.17, 15) is 13.2 Å². The lowest BCUT2D eigenvalue weighted by Gasteiger charge is -2.20. The minimum absolute atomic E-state index is 0.0999. The van der Waals surface area contributed by atoms with Crippen LogP contribution >= 0.6 is 50.7 Å². The lowest BCUT2D eigenvalue weighted by molar-refractivity contribution is -0.116. The molecule has 26 heavy (non-hydrogen) atoms. The first-order valence-electron chi connectivity index (χ1n) is 7.35. The van der Waals surface area contributed by atoms with E-state index in [1.165, 1.54) is 24.3 Å². The Morgan fingerprint density at radius 3 is 2.23 bits per heavy atom. The fraction of sp³-hybridized carbons (Fsp3) is 0.188. The number of hydrogen-bond acceptors (Lipinski definition) is 3. The smallest absolute Gasteiger partial charge is 0.243 e. The Bertz CT molecular complexity index is 921. The molecule has 1 N–H and O–H groups in total. The SMILES string of the molecule is CCN(CC(=O)Nc1cc(Cl)c(Cl)cc1Cl)S(=O)(=O)c1ccc(Br)cc1. The van der Waals surface area contributed by atoms with Gasteiger partial charge in [0.05, 0.1) is 32.2 Å². The van der Waals surface area contributed by atoms with Gasteiger partial charge in [-0.2, -0.15) is 4.31 Å². The van der Waals surface area contributed by atoms with Gasteiger partial charge in [-0.25, -0.2) is 8.42 Å². The molecule has 0 heterocycles. The number of hydrogen-bond donors (Lipinski definition) is 1. The van der Waals surface area contributed by atoms with Crippen molar-refractivity contribution in [3.63, 3.8) is 0 Å². The van der Waals surface area contributed by atoms with Crippen LogP contribution in [-0.4, -0.2) is 31.7 Å². The topological polar surface area (TPSA) is 66.5 Å². The summed E-state index contributed by atoms with van der Waals surface area (Å²) >= 11 is 21.0. The van der Waals surface area contributed by atoms with Gasteiger partial charge in [0.25, 0.3) is 0 Å². The van der Waals surface area contributed by atoms with Crippen molar-refractivity contribution in [1.29, 1.82) is 0 Å². The predicted molar refractivity (Wildman–Crippen MR) is 109 cm³/mol. The molecule has 10 heteroatoms. The molecule has 2 aromatic rings. The van der Waals surface area contributed by atoms with Crippen molar-refractivity contribution < 1.29 is 13.2 Å². The van der Waals surface area contributed by atoms with Gasteiger partial charge in [0, 0.05) is 11.0 Å². The number of sulfonamides is 1. The van der Waals surface area contributed by atoms with Crippen LogP contribution in [-0.2, 0) is 14.8 Å². The van der Waals surface area contributed by atoms with E-state index in [1.807, 2.05) is 0 Å². The van der Waals surface area contributed by atoms with Crippen LogP contribution in [0.4, 0.5) is 5.69 Å². The average molecular weight is 501 g/mol. The average Bonchev–Trinajstić information content (AvgIpc) is 2.57. The third kappa shape index (κ3) is 5.12. The highest BCUT2D eigenvalue weighted by molar-refractivity contribution is 9.10. The molecule has 0 aliphatic heterocycles. The largest absolute Gasteiger partial charge is 0.324 e. The number of likely N-dealkylation sites (N-methyl/N-ethyl adjacent to an activating group) is 1. The Kier molecular flexibility index (Phi) is 7.35. The number of carbonyl (C=O) groups excluding carboxylic acids is 1. The maximum atomic E-state index is 12.7. The van der Waals surface area contributed by atoms with Gasteiger partial charge in [0.2, 0.25) is 15.9 Å². The first-order valence-corrected chi connectivity index (χ1v) is 10.7. The Morgan fingerprint density at radius 2 is 1.65 bits per heavy atom. The second-order valence-electron chi connectivity index (χ2n) is 5.18. The van der Waals surface area contributed by atoms with Crippen LogP contribution in [0.2, 0.25) is 15.1 Å². The quantitative estimate of drug-likeness (QED) is 0.564. The van der Waals surface area contributed by atoms with E-state index in [2.05, 4.69) is 21.2 Å². The molecule has 1 amide bonds. The van der Waals surface area contributed by atoms with E-state index in [1.54, 1.807) is 19.1 Å². The van der Waals surface area contributed by atoms with E-state index in [0.29, 0.717) is 0 Å². The maximum Gasteiger partial charge on any atom is 0.243 e. The molecule has 0 aromatic heterocycles. The summed E-state index contributed by atoms with van der Waals surface area (Å²) in [5.41, 5.74) is 0.253. The van der Waals surface area contributed by atoms with Crippen molar-refractivity contribution in [1.82, 2.24) is 4.31 Å². The monoisotopic (exact) mass is 498 g/mol. The van der Waals surface area contributed by atoms with Gasteiger partial charge in [-0.15, -0.1) is 0 Å². The summed E-state index contributed by atoms with van der Waals surface area (Å²) in [5.74, 6) is -0.548. The zero-order chi connectivity index (χ0) is 19.5. The molecule has 0 aliphatic rings. The van der Waals surface area contributed by atoms with Crippen molar-refractivity contribution in [2.45, 2.75) is 11.8 Å². The summed E-state index contributed by atoms with van der Waals surface area (Å²) in [6.45, 7) is 1.40. The van der Waals surface area contributed by atoms with Gasteiger partial charge in [0.1, 0.15) is 0 Å². The van der Waals surface area contributed by atoms with Crippen LogP contribution in [0.15, 0.2) is 45.8 Å². The van der Waals surface area contributed by atoms with Gasteiger partial charge in [-0.1, -0.05) is 57.7 Å². The lowest BCUT2D eigenvalue weighted by Crippen LogP contribution is -2.37. The first kappa shape index (κ1) is 21.5. The Morgan fingerprint density at radius 1 is 1.08 bits per heavy atom. The highest BCUT2D eigenvalue weighted by Crippen LogP contribution is 2.32. The molecule has 0 saturated heterocycles. The molecule has 2 rings (SSSR count). The number of amides is 1. The molecule has 140 valence electrons. The maximum absolute atomic E-state index is 12.7. The fourth-order valence-corrected chi connectivity index (χ4v) is 4.35. The van der Waals surface area contributed by atoms with Crippen molar-refractivity contribution in [2.75, 3.05) is 18.4 Å². The number of nitrogens with zero attached hydrogens (tertiary/aromatic N) is 1. The molecule has 0 unspecified atom stereocenters. The molecule has 0 radical (unpaired) electrons. The standard InChI is InChI=1S/C16H14BrCl3N2O3S/c1-2-22(26(24,25)11-5-3-10(17)4-6-11)9-16(23)21-15-8-13(19)12(18)7-14(15)20/h3-8H,2,9H2,1H3,(H,21,23). The van der Waals surface area contributed by atoms with E-state index in [4.69, 9.17) is 34.8 Å². The van der Waals surface area contributed by atoms with Gasteiger partial charge >= 0.3 is 0 Å². The second kappa shape index (κ2) is 8.91. The Balaban J connectivity index is 2.18. The third-order valence-corrected chi connectivity index (χ3v) is 6.91. The summed E-state index contributed by atoms with van der Waals surface area (Å²) in [6, 6.07) is 8.99. The molecule has 0 bridgehead atoms. The highest BCUT2D eigenvalue weighted by atomic mass is 79.9. The number of carbonyl (C=O) groups is 1. The molecule has 5 nitrogen and oxygen atoms in total. The summed E-state index contributed by atoms with van der Waals surface area (Å²) in [5, 5.41) is 3.22. The molecule has 2 aromatic carbocycles. The van der Waals surface area contributed by atoms with E-state index < -0.39 is 15.9 Å². The van der Waals surface area contributed by atoms with E-state index in [0.717, 1.165) is 8.78 Å². The number of rotatable bonds is 6.